The summed E-state index contributed by atoms with van der Waals surface area (Å²) in [7, 11) is 1.56. The number of nitrogens with zero attached hydrogens (tertiary/aromatic N) is 1. The fourth-order valence-corrected chi connectivity index (χ4v) is 2.04. The molecule has 0 aliphatic carbocycles. The summed E-state index contributed by atoms with van der Waals surface area (Å²) >= 11 is 0. The zero-order valence-electron chi connectivity index (χ0n) is 10.9. The van der Waals surface area contributed by atoms with Crippen LogP contribution in [0.15, 0.2) is 24.3 Å². The average Bonchev–Trinajstić information content (AvgIpc) is 2.46. The number of hydrogen-bond acceptors (Lipinski definition) is 4. The third-order valence-electron chi connectivity index (χ3n) is 3.03. The highest BCUT2D eigenvalue weighted by Gasteiger charge is 2.25. The molecule has 1 amide bonds. The molecule has 1 fully saturated rings. The highest BCUT2D eigenvalue weighted by Crippen LogP contribution is 2.20. The van der Waals surface area contributed by atoms with Gasteiger partial charge in [-0.3, -0.25) is 4.79 Å². The molecule has 1 aromatic rings. The van der Waals surface area contributed by atoms with Crippen LogP contribution in [-0.2, 0) is 4.74 Å². The van der Waals surface area contributed by atoms with E-state index in [2.05, 4.69) is 0 Å². The summed E-state index contributed by atoms with van der Waals surface area (Å²) in [5.74, 6) is 0.562. The number of para-hydroxylation sites is 1. The predicted octanol–water partition coefficient (Wildman–Crippen LogP) is 0.917. The second-order valence-electron chi connectivity index (χ2n) is 4.18. The minimum Gasteiger partial charge on any atom is -0.496 e. The Hall–Kier alpha value is -1.30. The van der Waals surface area contributed by atoms with Gasteiger partial charge in [0.2, 0.25) is 0 Å². The Bertz CT molecular complexity index is 428. The van der Waals surface area contributed by atoms with Crippen molar-refractivity contribution in [1.29, 1.82) is 0 Å². The molecule has 0 saturated carbocycles. The molecule has 1 aliphatic heterocycles. The Morgan fingerprint density at radius 1 is 1.53 bits per heavy atom. The molecule has 1 saturated heterocycles. The second-order valence-corrected chi connectivity index (χ2v) is 4.18. The van der Waals surface area contributed by atoms with Crippen LogP contribution in [0.1, 0.15) is 10.4 Å². The molecule has 1 aromatic carbocycles. The molecule has 1 aliphatic rings. The molecule has 106 valence electrons. The summed E-state index contributed by atoms with van der Waals surface area (Å²) in [5, 5.41) is 0. The van der Waals surface area contributed by atoms with Gasteiger partial charge in [-0.1, -0.05) is 12.1 Å². The number of benzene rings is 1. The molecule has 0 spiro atoms. The van der Waals surface area contributed by atoms with E-state index in [1.807, 2.05) is 12.1 Å². The smallest absolute Gasteiger partial charge is 0.257 e. The Morgan fingerprint density at radius 3 is 2.95 bits per heavy atom. The number of halogens is 1. The van der Waals surface area contributed by atoms with Crippen LogP contribution >= 0.6 is 12.4 Å². The first kappa shape index (κ1) is 15.8. The van der Waals surface area contributed by atoms with Crippen molar-refractivity contribution in [1.82, 2.24) is 4.90 Å². The van der Waals surface area contributed by atoms with E-state index in [4.69, 9.17) is 15.2 Å². The number of carbonyl (C=O) groups excluding carboxylic acids is 1. The zero-order chi connectivity index (χ0) is 13.0. The summed E-state index contributed by atoms with van der Waals surface area (Å²) < 4.78 is 10.7. The van der Waals surface area contributed by atoms with Gasteiger partial charge in [-0.05, 0) is 12.1 Å². The van der Waals surface area contributed by atoms with Gasteiger partial charge in [0.25, 0.3) is 5.91 Å². The van der Waals surface area contributed by atoms with Crippen LogP contribution in [0, 0.1) is 0 Å². The third-order valence-corrected chi connectivity index (χ3v) is 3.03. The first-order valence-corrected chi connectivity index (χ1v) is 6.00. The van der Waals surface area contributed by atoms with E-state index < -0.39 is 0 Å². The van der Waals surface area contributed by atoms with E-state index in [0.717, 1.165) is 0 Å². The van der Waals surface area contributed by atoms with Gasteiger partial charge in [-0.25, -0.2) is 0 Å². The average molecular weight is 287 g/mol. The van der Waals surface area contributed by atoms with Crippen molar-refractivity contribution in [3.8, 4) is 5.75 Å². The number of ether oxygens (including phenoxy) is 2. The second kappa shape index (κ2) is 7.33. The Balaban J connectivity index is 0.00000180. The van der Waals surface area contributed by atoms with Gasteiger partial charge in [0.05, 0.1) is 25.4 Å². The number of nitrogens with two attached hydrogens (primary N) is 1. The van der Waals surface area contributed by atoms with Gasteiger partial charge in [-0.2, -0.15) is 0 Å². The maximum absolute atomic E-state index is 12.4. The Labute approximate surface area is 119 Å². The van der Waals surface area contributed by atoms with Crippen molar-refractivity contribution in [3.05, 3.63) is 29.8 Å². The Morgan fingerprint density at radius 2 is 2.26 bits per heavy atom. The largest absolute Gasteiger partial charge is 0.496 e. The van der Waals surface area contributed by atoms with Crippen LogP contribution in [0.5, 0.6) is 5.75 Å². The van der Waals surface area contributed by atoms with E-state index >= 15 is 0 Å². The summed E-state index contributed by atoms with van der Waals surface area (Å²) in [6.07, 6.45) is -0.0718. The summed E-state index contributed by atoms with van der Waals surface area (Å²) in [4.78, 5) is 14.2. The summed E-state index contributed by atoms with van der Waals surface area (Å²) in [5.41, 5.74) is 6.15. The lowest BCUT2D eigenvalue weighted by Gasteiger charge is -2.32. The fourth-order valence-electron chi connectivity index (χ4n) is 2.04. The van der Waals surface area contributed by atoms with Crippen molar-refractivity contribution in [2.45, 2.75) is 6.10 Å². The van der Waals surface area contributed by atoms with Crippen molar-refractivity contribution in [3.63, 3.8) is 0 Å². The van der Waals surface area contributed by atoms with Crippen LogP contribution in [0.2, 0.25) is 0 Å². The molecule has 6 heteroatoms. The summed E-state index contributed by atoms with van der Waals surface area (Å²) in [6, 6.07) is 7.23. The van der Waals surface area contributed by atoms with Gasteiger partial charge in [0.15, 0.2) is 0 Å². The standard InChI is InChI=1S/C13H18N2O3.ClH/c1-17-12-5-3-2-4-11(12)13(16)15-6-7-18-10(8-14)9-15;/h2-5,10H,6-9,14H2,1H3;1H. The fraction of sp³-hybridized carbons (Fsp3) is 0.462. The molecule has 0 bridgehead atoms. The van der Waals surface area contributed by atoms with Gasteiger partial charge in [0.1, 0.15) is 5.75 Å². The van der Waals surface area contributed by atoms with E-state index in [1.54, 1.807) is 24.1 Å². The van der Waals surface area contributed by atoms with Crippen LogP contribution < -0.4 is 10.5 Å². The normalized spacial score (nSPS) is 18.6. The van der Waals surface area contributed by atoms with Gasteiger partial charge in [-0.15, -0.1) is 12.4 Å². The number of amides is 1. The van der Waals surface area contributed by atoms with Gasteiger partial charge >= 0.3 is 0 Å². The van der Waals surface area contributed by atoms with E-state index in [9.17, 15) is 4.79 Å². The topological polar surface area (TPSA) is 64.8 Å². The molecule has 2 N–H and O–H groups in total. The molecule has 2 rings (SSSR count). The van der Waals surface area contributed by atoms with E-state index in [-0.39, 0.29) is 24.4 Å². The van der Waals surface area contributed by atoms with Gasteiger partial charge < -0.3 is 20.1 Å². The number of hydrogen-bond donors (Lipinski definition) is 1. The molecule has 0 aromatic heterocycles. The number of carbonyl (C=O) groups is 1. The zero-order valence-corrected chi connectivity index (χ0v) is 11.7. The lowest BCUT2D eigenvalue weighted by atomic mass is 10.1. The molecular weight excluding hydrogens is 268 g/mol. The number of morpholine rings is 1. The number of methoxy groups -OCH3 is 1. The monoisotopic (exact) mass is 286 g/mol. The van der Waals surface area contributed by atoms with Gasteiger partial charge in [0, 0.05) is 19.6 Å². The first-order chi connectivity index (χ1) is 8.76. The molecule has 19 heavy (non-hydrogen) atoms. The number of rotatable bonds is 3. The van der Waals surface area contributed by atoms with Crippen LogP contribution in [0.4, 0.5) is 0 Å². The molecule has 5 nitrogen and oxygen atoms in total. The maximum Gasteiger partial charge on any atom is 0.257 e. The predicted molar refractivity (Wildman–Crippen MR) is 74.9 cm³/mol. The lowest BCUT2D eigenvalue weighted by Crippen LogP contribution is -2.48. The first-order valence-electron chi connectivity index (χ1n) is 6.00. The molecular formula is C13H19ClN2O3. The SMILES string of the molecule is COc1ccccc1C(=O)N1CCOC(CN)C1.Cl. The van der Waals surface area contributed by atoms with Crippen LogP contribution in [0.25, 0.3) is 0 Å². The molecule has 1 heterocycles. The van der Waals surface area contributed by atoms with E-state index in [0.29, 0.717) is 37.6 Å². The van der Waals surface area contributed by atoms with Crippen molar-refractivity contribution in [2.75, 3.05) is 33.4 Å². The third kappa shape index (κ3) is 3.59. The Kier molecular flexibility index (Phi) is 6.08. The van der Waals surface area contributed by atoms with Crippen molar-refractivity contribution < 1.29 is 14.3 Å². The van der Waals surface area contributed by atoms with Crippen LogP contribution in [-0.4, -0.2) is 50.3 Å². The molecule has 1 unspecified atom stereocenters. The van der Waals surface area contributed by atoms with Crippen molar-refractivity contribution >= 4 is 18.3 Å². The highest BCUT2D eigenvalue weighted by atomic mass is 35.5. The minimum atomic E-state index is -0.0718. The van der Waals surface area contributed by atoms with E-state index in [1.165, 1.54) is 0 Å². The quantitative estimate of drug-likeness (QED) is 0.897. The minimum absolute atomic E-state index is 0. The highest BCUT2D eigenvalue weighted by molar-refractivity contribution is 5.97. The van der Waals surface area contributed by atoms with Crippen molar-refractivity contribution in [2.24, 2.45) is 5.73 Å². The lowest BCUT2D eigenvalue weighted by molar-refractivity contribution is -0.0168. The van der Waals surface area contributed by atoms with Crippen LogP contribution in [0.3, 0.4) is 0 Å². The molecule has 0 radical (unpaired) electrons. The summed E-state index contributed by atoms with van der Waals surface area (Å²) in [6.45, 7) is 2.08. The maximum atomic E-state index is 12.4. The molecule has 1 atom stereocenters.